The predicted octanol–water partition coefficient (Wildman–Crippen LogP) is 5.63. The van der Waals surface area contributed by atoms with Crippen LogP contribution in [0.3, 0.4) is 0 Å². The minimum absolute atomic E-state index is 0.105. The number of hydrogen-bond donors (Lipinski definition) is 0. The number of nitrogens with zero attached hydrogens (tertiary/aromatic N) is 4. The second kappa shape index (κ2) is 8.26. The number of anilines is 1. The fourth-order valence-corrected chi connectivity index (χ4v) is 5.55. The highest BCUT2D eigenvalue weighted by atomic mass is 35.5. The fourth-order valence-electron chi connectivity index (χ4n) is 4.28. The molecular formula is C25H25ClN4OS. The maximum absolute atomic E-state index is 13.3. The van der Waals surface area contributed by atoms with Gasteiger partial charge in [-0.2, -0.15) is 5.10 Å². The lowest BCUT2D eigenvalue weighted by atomic mass is 10.1. The Labute approximate surface area is 196 Å². The first-order valence-electron chi connectivity index (χ1n) is 10.8. The molecule has 1 aliphatic rings. The van der Waals surface area contributed by atoms with Gasteiger partial charge >= 0.3 is 0 Å². The number of amides is 1. The number of piperazine rings is 1. The van der Waals surface area contributed by atoms with Crippen LogP contribution in [0, 0.1) is 20.8 Å². The molecule has 32 heavy (non-hydrogen) atoms. The van der Waals surface area contributed by atoms with Crippen LogP contribution in [0.1, 0.15) is 26.5 Å². The van der Waals surface area contributed by atoms with Crippen LogP contribution >= 0.6 is 22.9 Å². The molecule has 164 valence electrons. The summed E-state index contributed by atoms with van der Waals surface area (Å²) >= 11 is 7.55. The van der Waals surface area contributed by atoms with E-state index < -0.39 is 0 Å². The monoisotopic (exact) mass is 464 g/mol. The third-order valence-electron chi connectivity index (χ3n) is 6.10. The van der Waals surface area contributed by atoms with Crippen molar-refractivity contribution < 1.29 is 4.79 Å². The molecule has 0 unspecified atom stereocenters. The van der Waals surface area contributed by atoms with Gasteiger partial charge in [0.1, 0.15) is 4.83 Å². The van der Waals surface area contributed by atoms with E-state index in [2.05, 4.69) is 42.0 Å². The Morgan fingerprint density at radius 1 is 0.969 bits per heavy atom. The van der Waals surface area contributed by atoms with Crippen LogP contribution in [0.5, 0.6) is 0 Å². The molecule has 1 fully saturated rings. The van der Waals surface area contributed by atoms with E-state index in [4.69, 9.17) is 11.6 Å². The summed E-state index contributed by atoms with van der Waals surface area (Å²) in [6, 6.07) is 16.2. The first-order chi connectivity index (χ1) is 15.4. The van der Waals surface area contributed by atoms with Crippen molar-refractivity contribution in [2.24, 2.45) is 0 Å². The number of halogens is 1. The molecular weight excluding hydrogens is 440 g/mol. The smallest absolute Gasteiger partial charge is 0.264 e. The number of carbonyl (C=O) groups excluding carboxylic acids is 1. The molecule has 4 aromatic rings. The number of rotatable bonds is 3. The Morgan fingerprint density at radius 3 is 2.41 bits per heavy atom. The minimum atomic E-state index is 0.105. The third kappa shape index (κ3) is 3.78. The van der Waals surface area contributed by atoms with Crippen molar-refractivity contribution in [3.05, 3.63) is 75.3 Å². The van der Waals surface area contributed by atoms with Crippen molar-refractivity contribution in [2.75, 3.05) is 31.1 Å². The SMILES string of the molecule is Cc1ccc(C)c(N2CCN(C(=O)c3cc4c(C)nn(-c5ccc(Cl)cc5)c4s3)CC2)c1. The van der Waals surface area contributed by atoms with Crippen molar-refractivity contribution in [3.8, 4) is 5.69 Å². The summed E-state index contributed by atoms with van der Waals surface area (Å²) in [7, 11) is 0. The molecule has 1 saturated heterocycles. The van der Waals surface area contributed by atoms with E-state index in [9.17, 15) is 4.79 Å². The van der Waals surface area contributed by atoms with E-state index in [-0.39, 0.29) is 5.91 Å². The molecule has 3 heterocycles. The molecule has 0 aliphatic carbocycles. The number of carbonyl (C=O) groups is 1. The molecule has 2 aromatic carbocycles. The van der Waals surface area contributed by atoms with Gasteiger partial charge in [0, 0.05) is 42.3 Å². The highest BCUT2D eigenvalue weighted by Crippen LogP contribution is 2.32. The summed E-state index contributed by atoms with van der Waals surface area (Å²) in [6.45, 7) is 9.40. The molecule has 5 nitrogen and oxygen atoms in total. The topological polar surface area (TPSA) is 41.4 Å². The summed E-state index contributed by atoms with van der Waals surface area (Å²) in [5.74, 6) is 0.105. The summed E-state index contributed by atoms with van der Waals surface area (Å²) < 4.78 is 1.90. The van der Waals surface area contributed by atoms with Gasteiger partial charge in [0.15, 0.2) is 0 Å². The lowest BCUT2D eigenvalue weighted by Crippen LogP contribution is -2.48. The second-order valence-corrected chi connectivity index (χ2v) is 9.84. The zero-order valence-corrected chi connectivity index (χ0v) is 20.0. The average molecular weight is 465 g/mol. The van der Waals surface area contributed by atoms with Gasteiger partial charge < -0.3 is 9.80 Å². The van der Waals surface area contributed by atoms with Gasteiger partial charge in [0.2, 0.25) is 0 Å². The Balaban J connectivity index is 1.36. The van der Waals surface area contributed by atoms with Gasteiger partial charge in [-0.3, -0.25) is 4.79 Å². The molecule has 1 amide bonds. The van der Waals surface area contributed by atoms with E-state index in [0.717, 1.165) is 52.7 Å². The highest BCUT2D eigenvalue weighted by Gasteiger charge is 2.25. The molecule has 2 aromatic heterocycles. The van der Waals surface area contributed by atoms with Gasteiger partial charge in [-0.1, -0.05) is 23.7 Å². The molecule has 7 heteroatoms. The Morgan fingerprint density at radius 2 is 1.69 bits per heavy atom. The van der Waals surface area contributed by atoms with Crippen molar-refractivity contribution in [1.82, 2.24) is 14.7 Å². The maximum Gasteiger partial charge on any atom is 0.264 e. The minimum Gasteiger partial charge on any atom is -0.368 e. The number of aryl methyl sites for hydroxylation is 3. The maximum atomic E-state index is 13.3. The molecule has 0 N–H and O–H groups in total. The number of benzene rings is 2. The Hall–Kier alpha value is -2.83. The zero-order chi connectivity index (χ0) is 22.4. The standard InChI is InChI=1S/C25H25ClN4OS/c1-16-4-5-17(2)22(14-16)28-10-12-29(13-11-28)24(31)23-15-21-18(3)27-30(25(21)32-23)20-8-6-19(26)7-9-20/h4-9,14-15H,10-13H2,1-3H3. The van der Waals surface area contributed by atoms with Crippen molar-refractivity contribution >= 4 is 44.7 Å². The van der Waals surface area contributed by atoms with Gasteiger partial charge in [-0.15, -0.1) is 11.3 Å². The van der Waals surface area contributed by atoms with Crippen LogP contribution in [0.25, 0.3) is 15.9 Å². The normalized spacial score (nSPS) is 14.4. The number of thiophene rings is 1. The Kier molecular flexibility index (Phi) is 5.43. The number of hydrogen-bond acceptors (Lipinski definition) is 4. The zero-order valence-electron chi connectivity index (χ0n) is 18.4. The summed E-state index contributed by atoms with van der Waals surface area (Å²) in [6.07, 6.45) is 0. The van der Waals surface area contributed by atoms with Crippen LogP contribution in [0.2, 0.25) is 5.02 Å². The highest BCUT2D eigenvalue weighted by molar-refractivity contribution is 7.20. The first kappa shape index (κ1) is 21.0. The van der Waals surface area contributed by atoms with Crippen LogP contribution in [-0.4, -0.2) is 46.8 Å². The van der Waals surface area contributed by atoms with Crippen LogP contribution in [-0.2, 0) is 0 Å². The lowest BCUT2D eigenvalue weighted by Gasteiger charge is -2.36. The van der Waals surface area contributed by atoms with Gasteiger partial charge in [-0.25, -0.2) is 4.68 Å². The largest absolute Gasteiger partial charge is 0.368 e. The summed E-state index contributed by atoms with van der Waals surface area (Å²) in [4.78, 5) is 19.4. The van der Waals surface area contributed by atoms with E-state index in [1.807, 2.05) is 46.8 Å². The number of aromatic nitrogens is 2. The van der Waals surface area contributed by atoms with Crippen LogP contribution < -0.4 is 4.90 Å². The number of fused-ring (bicyclic) bond motifs is 1. The van der Waals surface area contributed by atoms with Gasteiger partial charge in [0.25, 0.3) is 5.91 Å². The van der Waals surface area contributed by atoms with Crippen LogP contribution in [0.15, 0.2) is 48.5 Å². The average Bonchev–Trinajstić information content (AvgIpc) is 3.36. The molecule has 0 spiro atoms. The van der Waals surface area contributed by atoms with Crippen molar-refractivity contribution in [1.29, 1.82) is 0 Å². The molecule has 1 aliphatic heterocycles. The van der Waals surface area contributed by atoms with Crippen molar-refractivity contribution in [2.45, 2.75) is 20.8 Å². The Bertz CT molecular complexity index is 1300. The molecule has 5 rings (SSSR count). The third-order valence-corrected chi connectivity index (χ3v) is 7.45. The van der Waals surface area contributed by atoms with E-state index in [1.54, 1.807) is 0 Å². The molecule has 0 atom stereocenters. The summed E-state index contributed by atoms with van der Waals surface area (Å²) in [5, 5.41) is 6.39. The van der Waals surface area contributed by atoms with E-state index in [1.165, 1.54) is 28.2 Å². The van der Waals surface area contributed by atoms with E-state index in [0.29, 0.717) is 5.02 Å². The predicted molar refractivity (Wildman–Crippen MR) is 133 cm³/mol. The second-order valence-electron chi connectivity index (χ2n) is 8.37. The van der Waals surface area contributed by atoms with Crippen LogP contribution in [0.4, 0.5) is 5.69 Å². The van der Waals surface area contributed by atoms with Gasteiger partial charge in [-0.05, 0) is 68.3 Å². The van der Waals surface area contributed by atoms with E-state index >= 15 is 0 Å². The van der Waals surface area contributed by atoms with Crippen molar-refractivity contribution in [3.63, 3.8) is 0 Å². The first-order valence-corrected chi connectivity index (χ1v) is 12.0. The lowest BCUT2D eigenvalue weighted by molar-refractivity contribution is 0.0751. The fraction of sp³-hybridized carbons (Fsp3) is 0.280. The molecule has 0 saturated carbocycles. The molecule has 0 bridgehead atoms. The molecule has 0 radical (unpaired) electrons. The quantitative estimate of drug-likeness (QED) is 0.394. The summed E-state index contributed by atoms with van der Waals surface area (Å²) in [5.41, 5.74) is 5.68. The van der Waals surface area contributed by atoms with Gasteiger partial charge in [0.05, 0.1) is 16.3 Å².